The zero-order valence-electron chi connectivity index (χ0n) is 18.8. The highest BCUT2D eigenvalue weighted by molar-refractivity contribution is 7.13. The van der Waals surface area contributed by atoms with Crippen LogP contribution in [0.2, 0.25) is 0 Å². The van der Waals surface area contributed by atoms with E-state index in [1.54, 1.807) is 32.9 Å². The van der Waals surface area contributed by atoms with Gasteiger partial charge in [0.15, 0.2) is 5.78 Å². The van der Waals surface area contributed by atoms with Crippen molar-refractivity contribution in [2.45, 2.75) is 45.8 Å². The lowest BCUT2D eigenvalue weighted by molar-refractivity contribution is -0.130. The van der Waals surface area contributed by atoms with Crippen molar-refractivity contribution in [2.24, 2.45) is 5.92 Å². The van der Waals surface area contributed by atoms with E-state index in [2.05, 4.69) is 10.9 Å². The fourth-order valence-electron chi connectivity index (χ4n) is 3.30. The number of ketones is 1. The number of amides is 2. The molecule has 0 aliphatic heterocycles. The molecule has 3 aromatic rings. The van der Waals surface area contributed by atoms with Gasteiger partial charge in [0.25, 0.3) is 5.56 Å². The summed E-state index contributed by atoms with van der Waals surface area (Å²) in [7, 11) is 0. The first-order valence-electron chi connectivity index (χ1n) is 10.6. The van der Waals surface area contributed by atoms with E-state index in [0.29, 0.717) is 11.8 Å². The predicted molar refractivity (Wildman–Crippen MR) is 127 cm³/mol. The highest BCUT2D eigenvalue weighted by atomic mass is 32.1. The average molecular weight is 470 g/mol. The smallest absolute Gasteiger partial charge is 0.426 e. The standard InChI is InChI=1S/C24H27N3O5S/c1-24(2,3)32-23(31)26-25-21(29)17(13-16-9-5-4-6-10-16)14-18(28)15-27-22(30)19-11-7-8-12-20(19)33-27/h4-12,17H,13-15H2,1-3H3,(H,25,29)(H,26,31). The van der Waals surface area contributed by atoms with E-state index in [0.717, 1.165) is 10.3 Å². The van der Waals surface area contributed by atoms with Crippen molar-refractivity contribution in [3.63, 3.8) is 0 Å². The molecule has 0 radical (unpaired) electrons. The minimum atomic E-state index is -0.794. The number of carbonyl (C=O) groups is 3. The number of hydrazine groups is 1. The molecule has 0 aliphatic rings. The minimum Gasteiger partial charge on any atom is -0.443 e. The summed E-state index contributed by atoms with van der Waals surface area (Å²) in [6, 6.07) is 16.5. The van der Waals surface area contributed by atoms with Crippen LogP contribution < -0.4 is 16.4 Å². The number of nitrogens with zero attached hydrogens (tertiary/aromatic N) is 1. The van der Waals surface area contributed by atoms with Gasteiger partial charge in [0.05, 0.1) is 22.5 Å². The Labute approximate surface area is 195 Å². The van der Waals surface area contributed by atoms with Crippen LogP contribution in [0, 0.1) is 5.92 Å². The molecule has 0 spiro atoms. The van der Waals surface area contributed by atoms with Gasteiger partial charge < -0.3 is 4.74 Å². The monoisotopic (exact) mass is 469 g/mol. The lowest BCUT2D eigenvalue weighted by Crippen LogP contribution is -2.47. The second kappa shape index (κ2) is 10.4. The molecular weight excluding hydrogens is 442 g/mol. The third kappa shape index (κ3) is 7.01. The van der Waals surface area contributed by atoms with E-state index in [4.69, 9.17) is 4.74 Å². The molecule has 9 heteroatoms. The number of Topliss-reactive ketones (excluding diaryl/α,β-unsaturated/α-hetero) is 1. The van der Waals surface area contributed by atoms with Crippen molar-refractivity contribution >= 4 is 39.4 Å². The van der Waals surface area contributed by atoms with E-state index in [1.807, 2.05) is 42.5 Å². The van der Waals surface area contributed by atoms with Crippen LogP contribution in [0.5, 0.6) is 0 Å². The molecule has 2 N–H and O–H groups in total. The van der Waals surface area contributed by atoms with Gasteiger partial charge >= 0.3 is 6.09 Å². The molecule has 0 bridgehead atoms. The van der Waals surface area contributed by atoms with Crippen LogP contribution in [0.3, 0.4) is 0 Å². The van der Waals surface area contributed by atoms with Crippen LogP contribution in [-0.4, -0.2) is 27.3 Å². The molecule has 2 amide bonds. The number of carbonyl (C=O) groups excluding carboxylic acids is 3. The Kier molecular flexibility index (Phi) is 7.65. The largest absolute Gasteiger partial charge is 0.443 e. The molecule has 3 rings (SSSR count). The Morgan fingerprint density at radius 3 is 2.33 bits per heavy atom. The number of rotatable bonds is 7. The number of hydrogen-bond acceptors (Lipinski definition) is 6. The van der Waals surface area contributed by atoms with Crippen LogP contribution in [0.15, 0.2) is 59.4 Å². The van der Waals surface area contributed by atoms with Crippen LogP contribution in [0.4, 0.5) is 4.79 Å². The third-order valence-electron chi connectivity index (χ3n) is 4.73. The highest BCUT2D eigenvalue weighted by Gasteiger charge is 2.25. The lowest BCUT2D eigenvalue weighted by atomic mass is 9.93. The maximum Gasteiger partial charge on any atom is 0.426 e. The molecule has 0 fully saturated rings. The molecule has 8 nitrogen and oxygen atoms in total. The summed E-state index contributed by atoms with van der Waals surface area (Å²) in [5.41, 5.74) is 4.51. The average Bonchev–Trinajstić information content (AvgIpc) is 3.06. The topological polar surface area (TPSA) is 106 Å². The Hall–Kier alpha value is -3.46. The van der Waals surface area contributed by atoms with Crippen LogP contribution in [-0.2, 0) is 27.3 Å². The molecule has 33 heavy (non-hydrogen) atoms. The maximum absolute atomic E-state index is 12.8. The molecule has 174 valence electrons. The maximum atomic E-state index is 12.8. The number of nitrogens with one attached hydrogen (secondary N) is 2. The molecule has 1 atom stereocenters. The Balaban J connectivity index is 1.69. The zero-order valence-corrected chi connectivity index (χ0v) is 19.6. The summed E-state index contributed by atoms with van der Waals surface area (Å²) < 4.78 is 7.33. The Morgan fingerprint density at radius 1 is 1.00 bits per heavy atom. The molecule has 2 aromatic carbocycles. The summed E-state index contributed by atoms with van der Waals surface area (Å²) in [5, 5.41) is 0.565. The van der Waals surface area contributed by atoms with Gasteiger partial charge in [0.1, 0.15) is 5.60 Å². The van der Waals surface area contributed by atoms with Gasteiger partial charge in [-0.05, 0) is 44.9 Å². The van der Waals surface area contributed by atoms with Crippen LogP contribution in [0.1, 0.15) is 32.8 Å². The second-order valence-corrected chi connectivity index (χ2v) is 9.74. The van der Waals surface area contributed by atoms with E-state index in [1.165, 1.54) is 15.5 Å². The van der Waals surface area contributed by atoms with E-state index < -0.39 is 23.5 Å². The van der Waals surface area contributed by atoms with Crippen molar-refractivity contribution in [1.82, 2.24) is 14.8 Å². The third-order valence-corrected chi connectivity index (χ3v) is 5.80. The number of ether oxygens (including phenoxy) is 1. The van der Waals surface area contributed by atoms with Gasteiger partial charge in [-0.25, -0.2) is 10.2 Å². The van der Waals surface area contributed by atoms with Gasteiger partial charge in [-0.15, -0.1) is 0 Å². The quantitative estimate of drug-likeness (QED) is 0.516. The number of hydrogen-bond donors (Lipinski definition) is 2. The van der Waals surface area contributed by atoms with Crippen molar-refractivity contribution in [3.05, 3.63) is 70.5 Å². The first kappa shape index (κ1) is 24.2. The number of aromatic nitrogens is 1. The van der Waals surface area contributed by atoms with E-state index >= 15 is 0 Å². The van der Waals surface area contributed by atoms with Gasteiger partial charge in [-0.1, -0.05) is 54.0 Å². The summed E-state index contributed by atoms with van der Waals surface area (Å²) in [5.74, 6) is -1.50. The summed E-state index contributed by atoms with van der Waals surface area (Å²) in [6.07, 6.45) is -0.579. The van der Waals surface area contributed by atoms with Crippen molar-refractivity contribution in [1.29, 1.82) is 0 Å². The lowest BCUT2D eigenvalue weighted by Gasteiger charge is -2.21. The van der Waals surface area contributed by atoms with Crippen LogP contribution in [0.25, 0.3) is 10.1 Å². The fraction of sp³-hybridized carbons (Fsp3) is 0.333. The molecular formula is C24H27N3O5S. The van der Waals surface area contributed by atoms with Crippen molar-refractivity contribution in [2.75, 3.05) is 0 Å². The van der Waals surface area contributed by atoms with E-state index in [-0.39, 0.29) is 24.3 Å². The van der Waals surface area contributed by atoms with Crippen molar-refractivity contribution < 1.29 is 19.1 Å². The molecule has 0 aliphatic carbocycles. The predicted octanol–water partition coefficient (Wildman–Crippen LogP) is 3.44. The minimum absolute atomic E-state index is 0.0859. The first-order chi connectivity index (χ1) is 15.6. The van der Waals surface area contributed by atoms with E-state index in [9.17, 15) is 19.2 Å². The molecule has 0 saturated heterocycles. The molecule has 1 heterocycles. The van der Waals surface area contributed by atoms with Crippen LogP contribution >= 0.6 is 11.5 Å². The van der Waals surface area contributed by atoms with Gasteiger partial charge in [-0.3, -0.25) is 23.8 Å². The zero-order chi connectivity index (χ0) is 24.0. The molecule has 1 aromatic heterocycles. The SMILES string of the molecule is CC(C)(C)OC(=O)NNC(=O)C(CC(=O)Cn1sc2ccccc2c1=O)Cc1ccccc1. The number of fused-ring (bicyclic) bond motifs is 1. The Morgan fingerprint density at radius 2 is 1.67 bits per heavy atom. The highest BCUT2D eigenvalue weighted by Crippen LogP contribution is 2.18. The molecule has 0 saturated carbocycles. The van der Waals surface area contributed by atoms with Gasteiger partial charge in [0.2, 0.25) is 5.91 Å². The summed E-state index contributed by atoms with van der Waals surface area (Å²) >= 11 is 1.22. The fourth-order valence-corrected chi connectivity index (χ4v) is 4.32. The second-order valence-electron chi connectivity index (χ2n) is 8.67. The summed E-state index contributed by atoms with van der Waals surface area (Å²) in [6.45, 7) is 5.01. The molecule has 1 unspecified atom stereocenters. The number of benzene rings is 2. The first-order valence-corrected chi connectivity index (χ1v) is 11.3. The Bertz CT molecular complexity index is 1190. The normalized spacial score (nSPS) is 12.2. The van der Waals surface area contributed by atoms with Crippen molar-refractivity contribution in [3.8, 4) is 0 Å². The summed E-state index contributed by atoms with van der Waals surface area (Å²) in [4.78, 5) is 50.1. The van der Waals surface area contributed by atoms with Gasteiger partial charge in [-0.2, -0.15) is 0 Å². The van der Waals surface area contributed by atoms with Gasteiger partial charge in [0, 0.05) is 6.42 Å².